The first-order valence-corrected chi connectivity index (χ1v) is 12.1. The van der Waals surface area contributed by atoms with E-state index < -0.39 is 0 Å². The van der Waals surface area contributed by atoms with Gasteiger partial charge in [-0.25, -0.2) is 9.97 Å². The quantitative estimate of drug-likeness (QED) is 0.317. The Balaban J connectivity index is 1.31. The second kappa shape index (κ2) is 9.34. The average molecular weight is 477 g/mol. The van der Waals surface area contributed by atoms with E-state index in [0.717, 1.165) is 55.5 Å². The SMILES string of the molecule is COc1ccc2nc(SC(=O)CCC(=O)Sc3nc4ccc(OC)cc4s3)sc2c1. The van der Waals surface area contributed by atoms with Crippen LogP contribution in [-0.2, 0) is 9.59 Å². The smallest absolute Gasteiger partial charge is 0.196 e. The van der Waals surface area contributed by atoms with E-state index in [0.29, 0.717) is 8.68 Å². The van der Waals surface area contributed by atoms with Crippen LogP contribution in [0.4, 0.5) is 0 Å². The fourth-order valence-electron chi connectivity index (χ4n) is 2.61. The van der Waals surface area contributed by atoms with Gasteiger partial charge in [0.2, 0.25) is 0 Å². The van der Waals surface area contributed by atoms with Crippen LogP contribution < -0.4 is 9.47 Å². The van der Waals surface area contributed by atoms with Gasteiger partial charge in [0, 0.05) is 12.8 Å². The molecule has 0 fully saturated rings. The minimum atomic E-state index is -0.0796. The van der Waals surface area contributed by atoms with E-state index in [4.69, 9.17) is 9.47 Å². The van der Waals surface area contributed by atoms with Crippen LogP contribution in [0.15, 0.2) is 45.1 Å². The summed E-state index contributed by atoms with van der Waals surface area (Å²) in [5, 5.41) is -0.159. The summed E-state index contributed by atoms with van der Waals surface area (Å²) in [4.78, 5) is 33.5. The zero-order valence-corrected chi connectivity index (χ0v) is 19.3. The molecule has 0 spiro atoms. The Morgan fingerprint density at radius 3 is 1.63 bits per heavy atom. The molecule has 0 aliphatic carbocycles. The van der Waals surface area contributed by atoms with E-state index in [1.54, 1.807) is 14.2 Å². The first-order chi connectivity index (χ1) is 14.5. The number of benzene rings is 2. The molecular formula is C20H16N2O4S4. The normalized spacial score (nSPS) is 11.1. The second-order valence-electron chi connectivity index (χ2n) is 6.07. The Morgan fingerprint density at radius 1 is 0.800 bits per heavy atom. The van der Waals surface area contributed by atoms with Gasteiger partial charge in [-0.2, -0.15) is 0 Å². The number of thiazole rings is 2. The number of hydrogen-bond donors (Lipinski definition) is 0. The molecule has 0 atom stereocenters. The first kappa shape index (κ1) is 21.1. The van der Waals surface area contributed by atoms with Crippen LogP contribution in [0, 0.1) is 0 Å². The van der Waals surface area contributed by atoms with Crippen molar-refractivity contribution in [2.45, 2.75) is 21.5 Å². The second-order valence-corrected chi connectivity index (χ2v) is 10.7. The van der Waals surface area contributed by atoms with Crippen molar-refractivity contribution >= 4 is 76.9 Å². The molecule has 2 aromatic heterocycles. The van der Waals surface area contributed by atoms with Gasteiger partial charge in [0.25, 0.3) is 0 Å². The number of ether oxygens (including phenoxy) is 2. The first-order valence-electron chi connectivity index (χ1n) is 8.84. The lowest BCUT2D eigenvalue weighted by atomic mass is 10.3. The van der Waals surface area contributed by atoms with Gasteiger partial charge in [0.05, 0.1) is 34.7 Å². The molecule has 30 heavy (non-hydrogen) atoms. The number of methoxy groups -OCH3 is 2. The molecule has 2 aromatic carbocycles. The maximum atomic E-state index is 12.3. The van der Waals surface area contributed by atoms with E-state index in [-0.39, 0.29) is 23.1 Å². The maximum Gasteiger partial charge on any atom is 0.196 e. The van der Waals surface area contributed by atoms with Crippen LogP contribution in [0.3, 0.4) is 0 Å². The molecule has 0 saturated heterocycles. The third-order valence-corrected chi connectivity index (χ3v) is 8.11. The predicted molar refractivity (Wildman–Crippen MR) is 123 cm³/mol. The molecule has 6 nitrogen and oxygen atoms in total. The number of thioether (sulfide) groups is 2. The molecule has 2 heterocycles. The van der Waals surface area contributed by atoms with Gasteiger partial charge in [-0.15, -0.1) is 22.7 Å². The van der Waals surface area contributed by atoms with Crippen molar-refractivity contribution in [3.8, 4) is 11.5 Å². The third kappa shape index (κ3) is 4.94. The maximum absolute atomic E-state index is 12.3. The largest absolute Gasteiger partial charge is 0.497 e. The summed E-state index contributed by atoms with van der Waals surface area (Å²) in [6, 6.07) is 11.2. The van der Waals surface area contributed by atoms with Gasteiger partial charge < -0.3 is 9.47 Å². The minimum Gasteiger partial charge on any atom is -0.497 e. The van der Waals surface area contributed by atoms with Gasteiger partial charge in [-0.3, -0.25) is 9.59 Å². The summed E-state index contributed by atoms with van der Waals surface area (Å²) in [6.45, 7) is 0. The zero-order chi connectivity index (χ0) is 21.1. The Hall–Kier alpha value is -2.14. The summed E-state index contributed by atoms with van der Waals surface area (Å²) in [5.74, 6) is 1.51. The number of aromatic nitrogens is 2. The zero-order valence-electron chi connectivity index (χ0n) is 16.0. The molecule has 0 aliphatic rings. The number of rotatable bonds is 7. The molecule has 0 unspecified atom stereocenters. The highest BCUT2D eigenvalue weighted by Crippen LogP contribution is 2.34. The molecule has 0 N–H and O–H groups in total. The fraction of sp³-hybridized carbons (Fsp3) is 0.200. The van der Waals surface area contributed by atoms with E-state index in [2.05, 4.69) is 9.97 Å². The van der Waals surface area contributed by atoms with Crippen molar-refractivity contribution in [2.75, 3.05) is 14.2 Å². The van der Waals surface area contributed by atoms with Gasteiger partial charge in [-0.1, -0.05) is 0 Å². The predicted octanol–water partition coefficient (Wildman–Crippen LogP) is 5.64. The number of carbonyl (C=O) groups excluding carboxylic acids is 2. The molecule has 0 saturated carbocycles. The van der Waals surface area contributed by atoms with Gasteiger partial charge >= 0.3 is 0 Å². The highest BCUT2D eigenvalue weighted by atomic mass is 32.2. The third-order valence-electron chi connectivity index (χ3n) is 4.09. The Kier molecular flexibility index (Phi) is 6.57. The number of hydrogen-bond acceptors (Lipinski definition) is 10. The summed E-state index contributed by atoms with van der Waals surface area (Å²) in [6.07, 6.45) is 0.322. The van der Waals surface area contributed by atoms with Crippen molar-refractivity contribution < 1.29 is 19.1 Å². The van der Waals surface area contributed by atoms with Crippen molar-refractivity contribution in [3.05, 3.63) is 36.4 Å². The lowest BCUT2D eigenvalue weighted by Gasteiger charge is -1.97. The highest BCUT2D eigenvalue weighted by Gasteiger charge is 2.15. The molecular weight excluding hydrogens is 460 g/mol. The summed E-state index contributed by atoms with van der Waals surface area (Å²) >= 11 is 5.04. The van der Waals surface area contributed by atoms with Crippen LogP contribution in [-0.4, -0.2) is 34.4 Å². The van der Waals surface area contributed by atoms with Crippen LogP contribution in [0.1, 0.15) is 12.8 Å². The van der Waals surface area contributed by atoms with Crippen molar-refractivity contribution in [3.63, 3.8) is 0 Å². The number of nitrogens with zero attached hydrogens (tertiary/aromatic N) is 2. The summed E-state index contributed by atoms with van der Waals surface area (Å²) in [7, 11) is 3.23. The van der Waals surface area contributed by atoms with Gasteiger partial charge in [0.15, 0.2) is 18.9 Å². The molecule has 154 valence electrons. The molecule has 0 radical (unpaired) electrons. The van der Waals surface area contributed by atoms with E-state index in [1.807, 2.05) is 36.4 Å². The Bertz CT molecular complexity index is 1140. The lowest BCUT2D eigenvalue weighted by Crippen LogP contribution is -1.97. The Labute approximate surface area is 189 Å². The highest BCUT2D eigenvalue weighted by molar-refractivity contribution is 8.15. The molecule has 4 aromatic rings. The number of carbonyl (C=O) groups is 2. The van der Waals surface area contributed by atoms with Crippen LogP contribution >= 0.6 is 46.2 Å². The fourth-order valence-corrected chi connectivity index (χ4v) is 6.58. The summed E-state index contributed by atoms with van der Waals surface area (Å²) < 4.78 is 13.7. The lowest BCUT2D eigenvalue weighted by molar-refractivity contribution is -0.115. The minimum absolute atomic E-state index is 0.0796. The standard InChI is InChI=1S/C20H16N2O4S4/c1-25-11-3-5-13-15(9-11)27-19(21-13)29-17(23)7-8-18(24)30-20-22-14-6-4-12(26-2)10-16(14)28-20/h3-6,9-10H,7-8H2,1-2H3. The van der Waals surface area contributed by atoms with E-state index in [9.17, 15) is 9.59 Å². The Morgan fingerprint density at radius 2 is 1.23 bits per heavy atom. The monoisotopic (exact) mass is 476 g/mol. The van der Waals surface area contributed by atoms with Crippen molar-refractivity contribution in [1.29, 1.82) is 0 Å². The molecule has 0 aliphatic heterocycles. The van der Waals surface area contributed by atoms with Crippen molar-refractivity contribution in [1.82, 2.24) is 9.97 Å². The van der Waals surface area contributed by atoms with Crippen LogP contribution in [0.25, 0.3) is 20.4 Å². The van der Waals surface area contributed by atoms with Crippen LogP contribution in [0.5, 0.6) is 11.5 Å². The summed E-state index contributed by atoms with van der Waals surface area (Å²) in [5.41, 5.74) is 1.66. The van der Waals surface area contributed by atoms with Crippen molar-refractivity contribution in [2.24, 2.45) is 0 Å². The van der Waals surface area contributed by atoms with Gasteiger partial charge in [0.1, 0.15) is 11.5 Å². The van der Waals surface area contributed by atoms with E-state index in [1.165, 1.54) is 22.7 Å². The van der Waals surface area contributed by atoms with Crippen LogP contribution in [0.2, 0.25) is 0 Å². The molecule has 0 amide bonds. The molecule has 0 bridgehead atoms. The topological polar surface area (TPSA) is 78.4 Å². The molecule has 4 rings (SSSR count). The number of fused-ring (bicyclic) bond motifs is 2. The van der Waals surface area contributed by atoms with Gasteiger partial charge in [-0.05, 0) is 59.9 Å². The molecule has 10 heteroatoms. The average Bonchev–Trinajstić information content (AvgIpc) is 3.33. The van der Waals surface area contributed by atoms with E-state index >= 15 is 0 Å².